The summed E-state index contributed by atoms with van der Waals surface area (Å²) in [5.41, 5.74) is 0.854. The average molecular weight is 202 g/mol. The highest BCUT2D eigenvalue weighted by molar-refractivity contribution is 6.32. The molecule has 1 aromatic carbocycles. The fourth-order valence-electron chi connectivity index (χ4n) is 1.10. The van der Waals surface area contributed by atoms with E-state index in [-0.39, 0.29) is 18.4 Å². The van der Waals surface area contributed by atoms with E-state index in [1.165, 1.54) is 6.07 Å². The van der Waals surface area contributed by atoms with Gasteiger partial charge >= 0.3 is 0 Å². The Kier molecular flexibility index (Phi) is 3.54. The van der Waals surface area contributed by atoms with Crippen molar-refractivity contribution >= 4 is 11.6 Å². The number of benzene rings is 1. The second kappa shape index (κ2) is 4.46. The second-order valence-corrected chi connectivity index (χ2v) is 3.14. The summed E-state index contributed by atoms with van der Waals surface area (Å²) in [5, 5.41) is 21.3. The number of likely N-dealkylation sites (N-methyl/N-ethyl adjacent to an activating group) is 1. The molecule has 0 heterocycles. The molecule has 72 valence electrons. The summed E-state index contributed by atoms with van der Waals surface area (Å²) >= 11 is 5.71. The van der Waals surface area contributed by atoms with E-state index in [0.717, 1.165) is 5.56 Å². The number of rotatable bonds is 3. The van der Waals surface area contributed by atoms with Gasteiger partial charge in [-0.15, -0.1) is 0 Å². The standard InChI is InChI=1S/C9H12ClNO2/c1-11-8(5-12)6-2-3-9(13)7(10)4-6/h2-4,8,11-13H,5H2,1H3. The van der Waals surface area contributed by atoms with Gasteiger partial charge in [0.2, 0.25) is 0 Å². The molecule has 13 heavy (non-hydrogen) atoms. The van der Waals surface area contributed by atoms with Crippen molar-refractivity contribution in [1.29, 1.82) is 0 Å². The first-order chi connectivity index (χ1) is 6.19. The van der Waals surface area contributed by atoms with E-state index in [2.05, 4.69) is 5.32 Å². The zero-order chi connectivity index (χ0) is 9.84. The monoisotopic (exact) mass is 201 g/mol. The molecule has 0 aromatic heterocycles. The molecule has 0 saturated heterocycles. The van der Waals surface area contributed by atoms with Crippen molar-refractivity contribution in [2.45, 2.75) is 6.04 Å². The van der Waals surface area contributed by atoms with Crippen LogP contribution in [0.4, 0.5) is 0 Å². The summed E-state index contributed by atoms with van der Waals surface area (Å²) in [7, 11) is 1.75. The maximum atomic E-state index is 9.16. The molecule has 0 aliphatic heterocycles. The number of halogens is 1. The summed E-state index contributed by atoms with van der Waals surface area (Å²) in [6.45, 7) is -0.00238. The van der Waals surface area contributed by atoms with E-state index in [4.69, 9.17) is 21.8 Å². The third kappa shape index (κ3) is 2.34. The molecule has 0 fully saturated rings. The maximum Gasteiger partial charge on any atom is 0.134 e. The van der Waals surface area contributed by atoms with Crippen molar-refractivity contribution in [1.82, 2.24) is 5.32 Å². The van der Waals surface area contributed by atoms with Gasteiger partial charge in [0, 0.05) is 0 Å². The fraction of sp³-hybridized carbons (Fsp3) is 0.333. The van der Waals surface area contributed by atoms with Gasteiger partial charge in [0.05, 0.1) is 17.7 Å². The average Bonchev–Trinajstić information content (AvgIpc) is 2.13. The Morgan fingerprint density at radius 2 is 2.23 bits per heavy atom. The van der Waals surface area contributed by atoms with Gasteiger partial charge in [0.15, 0.2) is 0 Å². The smallest absolute Gasteiger partial charge is 0.134 e. The minimum Gasteiger partial charge on any atom is -0.506 e. The van der Waals surface area contributed by atoms with Crippen molar-refractivity contribution < 1.29 is 10.2 Å². The Hall–Kier alpha value is -0.770. The number of aromatic hydroxyl groups is 1. The number of hydrogen-bond donors (Lipinski definition) is 3. The van der Waals surface area contributed by atoms with Gasteiger partial charge in [0.25, 0.3) is 0 Å². The molecule has 1 unspecified atom stereocenters. The highest BCUT2D eigenvalue weighted by Gasteiger charge is 2.08. The zero-order valence-corrected chi connectivity index (χ0v) is 8.04. The van der Waals surface area contributed by atoms with Crippen molar-refractivity contribution in [2.24, 2.45) is 0 Å². The molecule has 0 bridgehead atoms. The summed E-state index contributed by atoms with van der Waals surface area (Å²) in [6.07, 6.45) is 0. The highest BCUT2D eigenvalue weighted by Crippen LogP contribution is 2.26. The normalized spacial score (nSPS) is 12.8. The predicted octanol–water partition coefficient (Wildman–Crippen LogP) is 1.30. The Labute approximate surface area is 82.0 Å². The van der Waals surface area contributed by atoms with Crippen LogP contribution in [0.25, 0.3) is 0 Å². The van der Waals surface area contributed by atoms with Gasteiger partial charge in [-0.05, 0) is 24.7 Å². The molecule has 0 radical (unpaired) electrons. The molecular formula is C9H12ClNO2. The van der Waals surface area contributed by atoms with Crippen LogP contribution < -0.4 is 5.32 Å². The van der Waals surface area contributed by atoms with Gasteiger partial charge in [-0.2, -0.15) is 0 Å². The van der Waals surface area contributed by atoms with Gasteiger partial charge < -0.3 is 15.5 Å². The Balaban J connectivity index is 2.95. The number of phenolic OH excluding ortho intramolecular Hbond substituents is 1. The molecular weight excluding hydrogens is 190 g/mol. The van der Waals surface area contributed by atoms with Crippen molar-refractivity contribution in [2.75, 3.05) is 13.7 Å². The first-order valence-electron chi connectivity index (χ1n) is 3.95. The molecule has 0 aliphatic carbocycles. The Bertz CT molecular complexity index is 287. The van der Waals surface area contributed by atoms with Crippen molar-refractivity contribution in [3.8, 4) is 5.75 Å². The molecule has 1 atom stereocenters. The second-order valence-electron chi connectivity index (χ2n) is 2.73. The highest BCUT2D eigenvalue weighted by atomic mass is 35.5. The number of phenols is 1. The molecule has 0 spiro atoms. The fourth-order valence-corrected chi connectivity index (χ4v) is 1.29. The number of nitrogens with one attached hydrogen (secondary N) is 1. The Morgan fingerprint density at radius 3 is 2.69 bits per heavy atom. The van der Waals surface area contributed by atoms with Gasteiger partial charge in [0.1, 0.15) is 5.75 Å². The lowest BCUT2D eigenvalue weighted by Gasteiger charge is -2.13. The van der Waals surface area contributed by atoms with Crippen LogP contribution in [-0.2, 0) is 0 Å². The van der Waals surface area contributed by atoms with Gasteiger partial charge in [-0.3, -0.25) is 0 Å². The Morgan fingerprint density at radius 1 is 1.54 bits per heavy atom. The van der Waals surface area contributed by atoms with Crippen LogP contribution in [0.2, 0.25) is 5.02 Å². The van der Waals surface area contributed by atoms with Crippen LogP contribution in [0, 0.1) is 0 Å². The van der Waals surface area contributed by atoms with E-state index < -0.39 is 0 Å². The quantitative estimate of drug-likeness (QED) is 0.691. The predicted molar refractivity (Wildman–Crippen MR) is 52.0 cm³/mol. The van der Waals surface area contributed by atoms with Crippen molar-refractivity contribution in [3.63, 3.8) is 0 Å². The maximum absolute atomic E-state index is 9.16. The van der Waals surface area contributed by atoms with Crippen LogP contribution in [0.3, 0.4) is 0 Å². The van der Waals surface area contributed by atoms with Crippen LogP contribution in [0.1, 0.15) is 11.6 Å². The minimum absolute atomic E-state index is 0.00238. The SMILES string of the molecule is CNC(CO)c1ccc(O)c(Cl)c1. The van der Waals surface area contributed by atoms with E-state index >= 15 is 0 Å². The summed E-state index contributed by atoms with van der Waals surface area (Å²) in [4.78, 5) is 0. The largest absolute Gasteiger partial charge is 0.506 e. The number of aliphatic hydroxyl groups is 1. The molecule has 1 aromatic rings. The molecule has 0 saturated carbocycles. The van der Waals surface area contributed by atoms with Gasteiger partial charge in [-0.1, -0.05) is 17.7 Å². The van der Waals surface area contributed by atoms with Gasteiger partial charge in [-0.25, -0.2) is 0 Å². The molecule has 3 nitrogen and oxygen atoms in total. The first-order valence-corrected chi connectivity index (χ1v) is 4.33. The van der Waals surface area contributed by atoms with Crippen LogP contribution >= 0.6 is 11.6 Å². The molecule has 3 N–H and O–H groups in total. The van der Waals surface area contributed by atoms with E-state index in [0.29, 0.717) is 5.02 Å². The lowest BCUT2D eigenvalue weighted by atomic mass is 10.1. The molecule has 0 amide bonds. The van der Waals surface area contributed by atoms with Crippen LogP contribution in [0.5, 0.6) is 5.75 Å². The van der Waals surface area contributed by atoms with E-state index in [1.54, 1.807) is 19.2 Å². The third-order valence-electron chi connectivity index (χ3n) is 1.91. The van der Waals surface area contributed by atoms with E-state index in [1.807, 2.05) is 0 Å². The van der Waals surface area contributed by atoms with Crippen LogP contribution in [-0.4, -0.2) is 23.9 Å². The molecule has 4 heteroatoms. The molecule has 0 aliphatic rings. The van der Waals surface area contributed by atoms with E-state index in [9.17, 15) is 0 Å². The lowest BCUT2D eigenvalue weighted by molar-refractivity contribution is 0.251. The number of aliphatic hydroxyl groups excluding tert-OH is 1. The van der Waals surface area contributed by atoms with Crippen LogP contribution in [0.15, 0.2) is 18.2 Å². The zero-order valence-electron chi connectivity index (χ0n) is 7.29. The lowest BCUT2D eigenvalue weighted by Crippen LogP contribution is -2.19. The van der Waals surface area contributed by atoms with Crippen molar-refractivity contribution in [3.05, 3.63) is 28.8 Å². The third-order valence-corrected chi connectivity index (χ3v) is 2.21. The summed E-state index contributed by atoms with van der Waals surface area (Å²) < 4.78 is 0. The first kappa shape index (κ1) is 10.3. The topological polar surface area (TPSA) is 52.5 Å². The summed E-state index contributed by atoms with van der Waals surface area (Å²) in [5.74, 6) is 0.0539. The minimum atomic E-state index is -0.141. The summed E-state index contributed by atoms with van der Waals surface area (Å²) in [6, 6.07) is 4.72. The number of hydrogen-bond acceptors (Lipinski definition) is 3. The molecule has 1 rings (SSSR count).